The molecule has 2 bridgehead atoms. The molecular weight excluding hydrogens is 451 g/mol. The van der Waals surface area contributed by atoms with Crippen molar-refractivity contribution in [2.75, 3.05) is 4.90 Å². The van der Waals surface area contributed by atoms with Crippen molar-refractivity contribution in [3.05, 3.63) is 35.5 Å². The minimum absolute atomic E-state index is 0.0398. The second-order valence-corrected chi connectivity index (χ2v) is 10.7. The molecule has 1 N–H and O–H groups in total. The van der Waals surface area contributed by atoms with Gasteiger partial charge in [-0.15, -0.1) is 21.5 Å². The molecule has 0 amide bonds. The van der Waals surface area contributed by atoms with E-state index >= 15 is 4.39 Å². The Morgan fingerprint density at radius 3 is 2.68 bits per heavy atom. The van der Waals surface area contributed by atoms with E-state index < -0.39 is 6.17 Å². The zero-order chi connectivity index (χ0) is 23.2. The molecule has 3 aliphatic carbocycles. The molecule has 4 atom stereocenters. The zero-order valence-corrected chi connectivity index (χ0v) is 19.5. The van der Waals surface area contributed by atoms with Crippen molar-refractivity contribution in [1.29, 1.82) is 5.26 Å². The fourth-order valence-electron chi connectivity index (χ4n) is 5.68. The Bertz CT molecular complexity index is 1240. The van der Waals surface area contributed by atoms with E-state index in [1.165, 1.54) is 24.0 Å². The molecule has 34 heavy (non-hydrogen) atoms. The number of benzene rings is 1. The summed E-state index contributed by atoms with van der Waals surface area (Å²) in [5.41, 5.74) is 1.70. The van der Waals surface area contributed by atoms with Gasteiger partial charge in [0, 0.05) is 17.2 Å². The van der Waals surface area contributed by atoms with E-state index in [9.17, 15) is 5.11 Å². The van der Waals surface area contributed by atoms with Crippen molar-refractivity contribution in [3.8, 4) is 33.6 Å². The molecule has 0 spiro atoms. The average Bonchev–Trinajstić information content (AvgIpc) is 3.57. The van der Waals surface area contributed by atoms with Crippen molar-refractivity contribution in [2.24, 2.45) is 11.8 Å². The maximum absolute atomic E-state index is 15.5. The summed E-state index contributed by atoms with van der Waals surface area (Å²) in [6, 6.07) is 7.38. The van der Waals surface area contributed by atoms with Gasteiger partial charge in [-0.25, -0.2) is 14.4 Å². The van der Waals surface area contributed by atoms with Gasteiger partial charge in [0.25, 0.3) is 0 Å². The van der Waals surface area contributed by atoms with Gasteiger partial charge in [0.1, 0.15) is 33.6 Å². The van der Waals surface area contributed by atoms with Gasteiger partial charge in [-0.05, 0) is 56.1 Å². The van der Waals surface area contributed by atoms with E-state index in [2.05, 4.69) is 31.1 Å². The SMILES string of the molecule is N#Cc1cnc(-c2ccc(-c3cnc(N(C4CC4)[C@H]4C[C@H]5CCC[C@H](C5)[C@H]4F)nn3)c(O)c2)s1. The van der Waals surface area contributed by atoms with E-state index in [0.717, 1.165) is 44.1 Å². The average molecular weight is 477 g/mol. The molecule has 3 saturated carbocycles. The van der Waals surface area contributed by atoms with Gasteiger partial charge in [0.05, 0.1) is 18.4 Å². The Kier molecular flexibility index (Phi) is 5.41. The number of phenolic OH excluding ortho intramolecular Hbond substituents is 1. The Balaban J connectivity index is 1.25. The van der Waals surface area contributed by atoms with Crippen LogP contribution < -0.4 is 4.90 Å². The number of hydrogen-bond acceptors (Lipinski definition) is 8. The van der Waals surface area contributed by atoms with Gasteiger partial charge in [0.15, 0.2) is 0 Å². The number of rotatable bonds is 5. The number of aromatic hydroxyl groups is 1. The highest BCUT2D eigenvalue weighted by Crippen LogP contribution is 2.46. The number of hydrogen-bond donors (Lipinski definition) is 1. The number of phenols is 1. The summed E-state index contributed by atoms with van der Waals surface area (Å²) >= 11 is 1.27. The highest BCUT2D eigenvalue weighted by molar-refractivity contribution is 7.15. The predicted octanol–water partition coefficient (Wildman–Crippen LogP) is 5.12. The molecule has 3 aliphatic rings. The molecule has 2 aromatic heterocycles. The highest BCUT2D eigenvalue weighted by Gasteiger charge is 2.47. The molecule has 2 heterocycles. The van der Waals surface area contributed by atoms with Crippen LogP contribution in [0, 0.1) is 23.2 Å². The van der Waals surface area contributed by atoms with Crippen molar-refractivity contribution in [2.45, 2.75) is 63.2 Å². The molecule has 9 heteroatoms. The molecule has 0 radical (unpaired) electrons. The van der Waals surface area contributed by atoms with Crippen molar-refractivity contribution < 1.29 is 9.50 Å². The highest BCUT2D eigenvalue weighted by atomic mass is 32.1. The third-order valence-electron chi connectivity index (χ3n) is 7.43. The minimum Gasteiger partial charge on any atom is -0.507 e. The molecule has 0 aliphatic heterocycles. The lowest BCUT2D eigenvalue weighted by atomic mass is 9.69. The summed E-state index contributed by atoms with van der Waals surface area (Å²) in [4.78, 5) is 11.4. The predicted molar refractivity (Wildman–Crippen MR) is 127 cm³/mol. The van der Waals surface area contributed by atoms with E-state index in [-0.39, 0.29) is 17.7 Å². The molecular formula is C25H25FN6OS. The van der Waals surface area contributed by atoms with Crippen LogP contribution in [-0.2, 0) is 0 Å². The van der Waals surface area contributed by atoms with Gasteiger partial charge < -0.3 is 10.0 Å². The van der Waals surface area contributed by atoms with Crippen LogP contribution in [0.3, 0.4) is 0 Å². The Labute approximate surface area is 201 Å². The molecule has 3 fully saturated rings. The number of thiazole rings is 1. The van der Waals surface area contributed by atoms with Gasteiger partial charge in [-0.1, -0.05) is 18.9 Å². The van der Waals surface area contributed by atoms with Crippen LogP contribution in [0.25, 0.3) is 21.8 Å². The first kappa shape index (κ1) is 21.4. The van der Waals surface area contributed by atoms with Gasteiger partial charge in [0.2, 0.25) is 5.95 Å². The number of nitrogens with zero attached hydrogens (tertiary/aromatic N) is 6. The molecule has 7 nitrogen and oxygen atoms in total. The fourth-order valence-corrected chi connectivity index (χ4v) is 6.38. The number of nitriles is 1. The van der Waals surface area contributed by atoms with Gasteiger partial charge >= 0.3 is 0 Å². The second-order valence-electron chi connectivity index (χ2n) is 9.70. The summed E-state index contributed by atoms with van der Waals surface area (Å²) < 4.78 is 15.5. The third kappa shape index (κ3) is 3.90. The molecule has 3 aromatic rings. The van der Waals surface area contributed by atoms with E-state index in [0.29, 0.717) is 39.1 Å². The van der Waals surface area contributed by atoms with Crippen molar-refractivity contribution >= 4 is 17.3 Å². The van der Waals surface area contributed by atoms with Crippen LogP contribution in [-0.4, -0.2) is 43.5 Å². The van der Waals surface area contributed by atoms with Crippen LogP contribution in [0.2, 0.25) is 0 Å². The summed E-state index contributed by atoms with van der Waals surface area (Å²) in [7, 11) is 0. The topological polar surface area (TPSA) is 98.8 Å². The van der Waals surface area contributed by atoms with Crippen LogP contribution in [0.15, 0.2) is 30.6 Å². The number of fused-ring (bicyclic) bond motifs is 2. The molecule has 1 aromatic carbocycles. The summed E-state index contributed by atoms with van der Waals surface area (Å²) in [5, 5.41) is 29.1. The second kappa shape index (κ2) is 8.58. The van der Waals surface area contributed by atoms with Crippen LogP contribution >= 0.6 is 11.3 Å². The molecule has 0 saturated heterocycles. The van der Waals surface area contributed by atoms with Gasteiger partial charge in [-0.2, -0.15) is 5.26 Å². The van der Waals surface area contributed by atoms with Crippen LogP contribution in [0.5, 0.6) is 5.75 Å². The summed E-state index contributed by atoms with van der Waals surface area (Å²) in [6.45, 7) is 0. The lowest BCUT2D eigenvalue weighted by molar-refractivity contribution is 0.0628. The Hall–Kier alpha value is -3.12. The van der Waals surface area contributed by atoms with Gasteiger partial charge in [-0.3, -0.25) is 0 Å². The lowest BCUT2D eigenvalue weighted by Crippen LogP contribution is -2.52. The number of aromatic nitrogens is 4. The first-order valence-electron chi connectivity index (χ1n) is 11.9. The fraction of sp³-hybridized carbons (Fsp3) is 0.480. The Morgan fingerprint density at radius 1 is 1.09 bits per heavy atom. The largest absolute Gasteiger partial charge is 0.507 e. The quantitative estimate of drug-likeness (QED) is 0.545. The Morgan fingerprint density at radius 2 is 1.97 bits per heavy atom. The van der Waals surface area contributed by atoms with E-state index in [1.807, 2.05) is 6.07 Å². The maximum atomic E-state index is 15.5. The normalized spacial score (nSPS) is 26.1. The molecule has 174 valence electrons. The van der Waals surface area contributed by atoms with E-state index in [1.54, 1.807) is 18.3 Å². The maximum Gasteiger partial charge on any atom is 0.245 e. The van der Waals surface area contributed by atoms with E-state index in [4.69, 9.17) is 5.26 Å². The number of anilines is 1. The standard InChI is InChI=1S/C25H25FN6OS/c26-23-15-3-1-2-14(8-15)9-21(23)32(17-5-6-17)25-29-13-20(30-31-25)19-7-4-16(10-22(19)33)24-28-12-18(11-27)34-24/h4,7,10,12-15,17,21,23,33H,1-3,5-6,8-9H2/t14-,15+,21-,23+/m0/s1. The smallest absolute Gasteiger partial charge is 0.245 e. The molecule has 0 unspecified atom stereocenters. The third-order valence-corrected chi connectivity index (χ3v) is 8.38. The minimum atomic E-state index is -0.843. The number of halogens is 1. The molecule has 6 rings (SSSR count). The zero-order valence-electron chi connectivity index (χ0n) is 18.6. The number of alkyl halides is 1. The van der Waals surface area contributed by atoms with Crippen LogP contribution in [0.1, 0.15) is 49.8 Å². The van der Waals surface area contributed by atoms with Crippen molar-refractivity contribution in [1.82, 2.24) is 20.2 Å². The summed E-state index contributed by atoms with van der Waals surface area (Å²) in [5.74, 6) is 1.28. The lowest BCUT2D eigenvalue weighted by Gasteiger charge is -2.46. The van der Waals surface area contributed by atoms with Crippen LogP contribution in [0.4, 0.5) is 10.3 Å². The summed E-state index contributed by atoms with van der Waals surface area (Å²) in [6.07, 6.45) is 9.57. The monoisotopic (exact) mass is 476 g/mol. The van der Waals surface area contributed by atoms with Crippen molar-refractivity contribution in [3.63, 3.8) is 0 Å². The first-order chi connectivity index (χ1) is 16.6. The first-order valence-corrected chi connectivity index (χ1v) is 12.7.